The maximum Gasteiger partial charge on any atom is 0.128 e. The third-order valence-corrected chi connectivity index (χ3v) is 4.26. The van der Waals surface area contributed by atoms with Gasteiger partial charge in [0.1, 0.15) is 5.60 Å². The zero-order valence-electron chi connectivity index (χ0n) is 11.5. The van der Waals surface area contributed by atoms with Crippen LogP contribution in [0.2, 0.25) is 5.02 Å². The van der Waals surface area contributed by atoms with E-state index in [1.54, 1.807) is 0 Å². The van der Waals surface area contributed by atoms with Crippen LogP contribution in [0.1, 0.15) is 16.7 Å². The zero-order chi connectivity index (χ0) is 14.2. The molecule has 3 heteroatoms. The van der Waals surface area contributed by atoms with Gasteiger partial charge >= 0.3 is 0 Å². The average Bonchev–Trinajstić information content (AvgIpc) is 2.57. The minimum Gasteiger partial charge on any atom is -0.379 e. The molecule has 0 radical (unpaired) electrons. The maximum atomic E-state index is 11.4. The van der Waals surface area contributed by atoms with Crippen LogP contribution in [0, 0.1) is 0 Å². The van der Waals surface area contributed by atoms with E-state index in [9.17, 15) is 5.11 Å². The van der Waals surface area contributed by atoms with Crippen LogP contribution >= 0.6 is 11.6 Å². The predicted octanol–water partition coefficient (Wildman–Crippen LogP) is 3.06. The van der Waals surface area contributed by atoms with Crippen molar-refractivity contribution in [2.45, 2.75) is 12.0 Å². The van der Waals surface area contributed by atoms with Gasteiger partial charge in [-0.1, -0.05) is 48.0 Å². The number of nitrogens with zero attached hydrogens (tertiary/aromatic N) is 1. The first kappa shape index (κ1) is 13.6. The molecule has 104 valence electrons. The van der Waals surface area contributed by atoms with E-state index in [0.29, 0.717) is 11.6 Å². The highest BCUT2D eigenvalue weighted by molar-refractivity contribution is 6.30. The molecule has 1 aliphatic heterocycles. The molecule has 0 bridgehead atoms. The molecule has 1 aliphatic rings. The van der Waals surface area contributed by atoms with Crippen molar-refractivity contribution in [1.29, 1.82) is 0 Å². The minimum absolute atomic E-state index is 0.574. The van der Waals surface area contributed by atoms with Gasteiger partial charge in [-0.25, -0.2) is 0 Å². The van der Waals surface area contributed by atoms with Crippen LogP contribution in [-0.4, -0.2) is 30.1 Å². The normalized spacial score (nSPS) is 23.1. The Bertz CT molecular complexity index is 628. The van der Waals surface area contributed by atoms with Crippen molar-refractivity contribution in [1.82, 2.24) is 4.90 Å². The molecular weight excluding hydrogens is 270 g/mol. The summed E-state index contributed by atoms with van der Waals surface area (Å²) in [4.78, 5) is 2.17. The number of hydrogen-bond acceptors (Lipinski definition) is 2. The lowest BCUT2D eigenvalue weighted by molar-refractivity contribution is 0.0492. The van der Waals surface area contributed by atoms with Crippen molar-refractivity contribution in [3.05, 3.63) is 70.2 Å². The predicted molar refractivity (Wildman–Crippen MR) is 82.1 cm³/mol. The number of benzene rings is 2. The first-order valence-corrected chi connectivity index (χ1v) is 7.23. The van der Waals surface area contributed by atoms with E-state index in [1.165, 1.54) is 5.56 Å². The van der Waals surface area contributed by atoms with Crippen LogP contribution < -0.4 is 0 Å². The van der Waals surface area contributed by atoms with Gasteiger partial charge in [0.2, 0.25) is 0 Å². The minimum atomic E-state index is -1.01. The fourth-order valence-electron chi connectivity index (χ4n) is 3.00. The summed E-state index contributed by atoms with van der Waals surface area (Å²) < 4.78 is 0. The molecule has 2 nitrogen and oxygen atoms in total. The fraction of sp³-hybridized carbons (Fsp3) is 0.294. The van der Waals surface area contributed by atoms with Gasteiger partial charge in [0.15, 0.2) is 0 Å². The summed E-state index contributed by atoms with van der Waals surface area (Å²) in [6.45, 7) is 1.52. The Morgan fingerprint density at radius 2 is 1.95 bits per heavy atom. The van der Waals surface area contributed by atoms with Crippen LogP contribution in [0.3, 0.4) is 0 Å². The average molecular weight is 288 g/mol. The number of β-amino-alcohol motifs (C(OH)–C–C–N with tert-alkyl or cyclic N) is 1. The molecule has 0 aromatic heterocycles. The van der Waals surface area contributed by atoms with E-state index in [-0.39, 0.29) is 0 Å². The molecule has 0 aliphatic carbocycles. The van der Waals surface area contributed by atoms with E-state index in [0.717, 1.165) is 24.1 Å². The highest BCUT2D eigenvalue weighted by Crippen LogP contribution is 2.35. The van der Waals surface area contributed by atoms with Crippen molar-refractivity contribution in [2.24, 2.45) is 0 Å². The second-order valence-corrected chi connectivity index (χ2v) is 5.95. The van der Waals surface area contributed by atoms with Crippen LogP contribution in [0.15, 0.2) is 48.5 Å². The number of hydrogen-bond donors (Lipinski definition) is 1. The van der Waals surface area contributed by atoms with E-state index in [2.05, 4.69) is 11.0 Å². The number of likely N-dealkylation sites (N-methyl/N-ethyl adjacent to an activating group) is 1. The fourth-order valence-corrected chi connectivity index (χ4v) is 3.19. The Balaban J connectivity index is 2.18. The van der Waals surface area contributed by atoms with Crippen molar-refractivity contribution in [3.63, 3.8) is 0 Å². The van der Waals surface area contributed by atoms with Crippen LogP contribution in [0.5, 0.6) is 0 Å². The molecule has 20 heavy (non-hydrogen) atoms. The van der Waals surface area contributed by atoms with Crippen molar-refractivity contribution in [2.75, 3.05) is 20.1 Å². The topological polar surface area (TPSA) is 23.5 Å². The standard InChI is InChI=1S/C17H18ClNO/c1-19-10-9-13-5-2-3-8-16(13)17(20,12-19)14-6-4-7-15(18)11-14/h2-8,11,20H,9-10,12H2,1H3. The molecule has 0 fully saturated rings. The highest BCUT2D eigenvalue weighted by Gasteiger charge is 2.36. The van der Waals surface area contributed by atoms with Gasteiger partial charge in [-0.2, -0.15) is 0 Å². The van der Waals surface area contributed by atoms with Gasteiger partial charge in [0.25, 0.3) is 0 Å². The van der Waals surface area contributed by atoms with Gasteiger partial charge in [-0.15, -0.1) is 0 Å². The Morgan fingerprint density at radius 3 is 2.75 bits per heavy atom. The Hall–Kier alpha value is -1.35. The van der Waals surface area contributed by atoms with Gasteiger partial charge < -0.3 is 10.0 Å². The van der Waals surface area contributed by atoms with Gasteiger partial charge in [-0.05, 0) is 42.3 Å². The molecule has 1 atom stereocenters. The molecule has 1 heterocycles. The number of aliphatic hydroxyl groups is 1. The number of halogens is 1. The lowest BCUT2D eigenvalue weighted by Crippen LogP contribution is -2.39. The van der Waals surface area contributed by atoms with E-state index in [1.807, 2.05) is 49.5 Å². The van der Waals surface area contributed by atoms with Crippen molar-refractivity contribution >= 4 is 11.6 Å². The molecule has 0 amide bonds. The van der Waals surface area contributed by atoms with Gasteiger partial charge in [-0.3, -0.25) is 0 Å². The molecule has 3 rings (SSSR count). The second-order valence-electron chi connectivity index (χ2n) is 5.52. The van der Waals surface area contributed by atoms with Crippen LogP contribution in [0.25, 0.3) is 0 Å². The summed E-state index contributed by atoms with van der Waals surface area (Å²) in [7, 11) is 2.04. The molecular formula is C17H18ClNO. The molecule has 2 aromatic carbocycles. The maximum absolute atomic E-state index is 11.4. The molecule has 2 aromatic rings. The molecule has 0 spiro atoms. The lowest BCUT2D eigenvalue weighted by Gasteiger charge is -2.32. The summed E-state index contributed by atoms with van der Waals surface area (Å²) in [5.41, 5.74) is 2.05. The SMILES string of the molecule is CN1CCc2ccccc2C(O)(c2cccc(Cl)c2)C1. The zero-order valence-corrected chi connectivity index (χ0v) is 12.3. The largest absolute Gasteiger partial charge is 0.379 e. The number of rotatable bonds is 1. The van der Waals surface area contributed by atoms with Crippen molar-refractivity contribution < 1.29 is 5.11 Å². The second kappa shape index (κ2) is 5.21. The number of fused-ring (bicyclic) bond motifs is 1. The van der Waals surface area contributed by atoms with Gasteiger partial charge in [0, 0.05) is 18.1 Å². The molecule has 1 N–H and O–H groups in total. The monoisotopic (exact) mass is 287 g/mol. The quantitative estimate of drug-likeness (QED) is 0.871. The Kier molecular flexibility index (Phi) is 3.55. The first-order valence-electron chi connectivity index (χ1n) is 6.85. The van der Waals surface area contributed by atoms with E-state index in [4.69, 9.17) is 11.6 Å². The van der Waals surface area contributed by atoms with Crippen LogP contribution in [-0.2, 0) is 12.0 Å². The first-order chi connectivity index (χ1) is 9.59. The Labute approximate surface area is 124 Å². The van der Waals surface area contributed by atoms with Crippen LogP contribution in [0.4, 0.5) is 0 Å². The summed E-state index contributed by atoms with van der Waals surface area (Å²) in [6, 6.07) is 15.7. The molecule has 0 saturated heterocycles. The molecule has 1 unspecified atom stereocenters. The van der Waals surface area contributed by atoms with Gasteiger partial charge in [0.05, 0.1) is 0 Å². The van der Waals surface area contributed by atoms with E-state index < -0.39 is 5.60 Å². The third-order valence-electron chi connectivity index (χ3n) is 4.03. The highest BCUT2D eigenvalue weighted by atomic mass is 35.5. The summed E-state index contributed by atoms with van der Waals surface area (Å²) in [5.74, 6) is 0. The summed E-state index contributed by atoms with van der Waals surface area (Å²) in [5, 5.41) is 12.0. The third kappa shape index (κ3) is 2.35. The summed E-state index contributed by atoms with van der Waals surface area (Å²) >= 11 is 6.11. The van der Waals surface area contributed by atoms with E-state index >= 15 is 0 Å². The smallest absolute Gasteiger partial charge is 0.128 e. The summed E-state index contributed by atoms with van der Waals surface area (Å²) in [6.07, 6.45) is 0.954. The Morgan fingerprint density at radius 1 is 1.15 bits per heavy atom. The lowest BCUT2D eigenvalue weighted by atomic mass is 9.83. The van der Waals surface area contributed by atoms with Crippen molar-refractivity contribution in [3.8, 4) is 0 Å². The molecule has 0 saturated carbocycles.